The minimum Gasteiger partial charge on any atom is -0.691 e. The quantitative estimate of drug-likeness (QED) is 0.261. The Morgan fingerprint density at radius 3 is 2.69 bits per heavy atom. The minimum absolute atomic E-state index is 0. The fourth-order valence-electron chi connectivity index (χ4n) is 0.679. The molecule has 0 fully saturated rings. The first-order chi connectivity index (χ1) is 5.74. The SMILES string of the molecule is Cc1ccc(SOO[O-])cc1F.[Na+]. The largest absolute Gasteiger partial charge is 1.00 e. The van der Waals surface area contributed by atoms with E-state index in [1.165, 1.54) is 6.07 Å². The molecule has 1 aromatic rings. The van der Waals surface area contributed by atoms with E-state index in [1.54, 1.807) is 19.1 Å². The Kier molecular flexibility index (Phi) is 6.98. The van der Waals surface area contributed by atoms with Crippen molar-refractivity contribution in [2.24, 2.45) is 0 Å². The van der Waals surface area contributed by atoms with Crippen molar-refractivity contribution < 1.29 is 48.6 Å². The van der Waals surface area contributed by atoms with Gasteiger partial charge in [-0.2, -0.15) is 4.33 Å². The van der Waals surface area contributed by atoms with E-state index < -0.39 is 0 Å². The monoisotopic (exact) mass is 212 g/mol. The predicted molar refractivity (Wildman–Crippen MR) is 39.2 cm³/mol. The van der Waals surface area contributed by atoms with E-state index in [9.17, 15) is 9.65 Å². The molecule has 0 N–H and O–H groups in total. The van der Waals surface area contributed by atoms with Crippen LogP contribution in [0.4, 0.5) is 4.39 Å². The van der Waals surface area contributed by atoms with Gasteiger partial charge in [0.1, 0.15) is 5.82 Å². The molecule has 1 rings (SSSR count). The van der Waals surface area contributed by atoms with Crippen LogP contribution < -0.4 is 34.8 Å². The summed E-state index contributed by atoms with van der Waals surface area (Å²) in [6.07, 6.45) is 0. The summed E-state index contributed by atoms with van der Waals surface area (Å²) in [5, 5.41) is 12.5. The second kappa shape index (κ2) is 6.78. The third-order valence-electron chi connectivity index (χ3n) is 1.30. The van der Waals surface area contributed by atoms with Crippen LogP contribution in [0, 0.1) is 12.7 Å². The summed E-state index contributed by atoms with van der Waals surface area (Å²) in [7, 11) is 0. The van der Waals surface area contributed by atoms with E-state index in [0.29, 0.717) is 22.5 Å². The van der Waals surface area contributed by atoms with E-state index in [1.807, 2.05) is 0 Å². The first-order valence-corrected chi connectivity index (χ1v) is 3.87. The van der Waals surface area contributed by atoms with Gasteiger partial charge < -0.3 is 5.26 Å². The van der Waals surface area contributed by atoms with Crippen molar-refractivity contribution in [2.45, 2.75) is 11.8 Å². The fourth-order valence-corrected chi connectivity index (χ4v) is 1.06. The second-order valence-electron chi connectivity index (χ2n) is 2.13. The molecule has 0 aliphatic rings. The number of hydrogen-bond donors (Lipinski definition) is 0. The molecular formula is C7H6FNaO3S. The van der Waals surface area contributed by atoms with E-state index in [2.05, 4.69) is 9.37 Å². The van der Waals surface area contributed by atoms with Gasteiger partial charge in [-0.15, -0.1) is 0 Å². The number of rotatable bonds is 3. The van der Waals surface area contributed by atoms with Gasteiger partial charge in [0, 0.05) is 4.90 Å². The molecule has 0 heterocycles. The fraction of sp³-hybridized carbons (Fsp3) is 0.143. The molecule has 0 atom stereocenters. The topological polar surface area (TPSA) is 41.5 Å². The van der Waals surface area contributed by atoms with Crippen molar-refractivity contribution in [3.63, 3.8) is 0 Å². The molecule has 1 aromatic carbocycles. The van der Waals surface area contributed by atoms with Crippen LogP contribution in [-0.4, -0.2) is 0 Å². The van der Waals surface area contributed by atoms with Gasteiger partial charge >= 0.3 is 29.6 Å². The van der Waals surface area contributed by atoms with Gasteiger partial charge in [0.15, 0.2) is 0 Å². The average molecular weight is 212 g/mol. The molecule has 0 unspecified atom stereocenters. The van der Waals surface area contributed by atoms with Crippen molar-refractivity contribution >= 4 is 12.0 Å². The summed E-state index contributed by atoms with van der Waals surface area (Å²) in [6.45, 7) is 1.65. The van der Waals surface area contributed by atoms with Gasteiger partial charge in [-0.05, 0) is 24.6 Å². The zero-order valence-electron chi connectivity index (χ0n) is 7.24. The van der Waals surface area contributed by atoms with Crippen LogP contribution in [-0.2, 0) is 9.37 Å². The molecule has 6 heteroatoms. The van der Waals surface area contributed by atoms with Crippen molar-refractivity contribution in [3.8, 4) is 0 Å². The van der Waals surface area contributed by atoms with Crippen LogP contribution in [0.15, 0.2) is 23.1 Å². The van der Waals surface area contributed by atoms with Gasteiger partial charge in [-0.1, -0.05) is 6.07 Å². The first-order valence-electron chi connectivity index (χ1n) is 3.13. The summed E-state index contributed by atoms with van der Waals surface area (Å²) in [6, 6.07) is 4.48. The van der Waals surface area contributed by atoms with Crippen molar-refractivity contribution in [1.29, 1.82) is 0 Å². The number of aryl methyl sites for hydroxylation is 1. The maximum absolute atomic E-state index is 12.8. The molecule has 0 amide bonds. The number of halogens is 1. The third kappa shape index (κ3) is 4.42. The second-order valence-corrected chi connectivity index (χ2v) is 2.90. The van der Waals surface area contributed by atoms with Crippen LogP contribution in [0.2, 0.25) is 0 Å². The summed E-state index contributed by atoms with van der Waals surface area (Å²) >= 11 is 0.669. The van der Waals surface area contributed by atoms with Crippen molar-refractivity contribution in [1.82, 2.24) is 0 Å². The Hall–Kier alpha value is 0.380. The molecule has 0 saturated heterocycles. The standard InChI is InChI=1S/C7H7FO3S.Na/c1-5-2-3-6(4-7(5)8)12-11-10-9;/h2-4,9H,1H3;/q;+1/p-1. The predicted octanol–water partition coefficient (Wildman–Crippen LogP) is -1.63. The van der Waals surface area contributed by atoms with E-state index in [4.69, 9.17) is 0 Å². The molecule has 0 bridgehead atoms. The molecule has 0 aromatic heterocycles. The summed E-state index contributed by atoms with van der Waals surface area (Å²) in [4.78, 5) is 0.481. The first kappa shape index (κ1) is 13.4. The molecular weight excluding hydrogens is 206 g/mol. The molecule has 66 valence electrons. The zero-order chi connectivity index (χ0) is 8.97. The summed E-state index contributed by atoms with van der Waals surface area (Å²) < 4.78 is 16.8. The Labute approximate surface area is 102 Å². The van der Waals surface area contributed by atoms with E-state index in [-0.39, 0.29) is 35.4 Å². The number of hydrogen-bond acceptors (Lipinski definition) is 4. The molecule has 0 spiro atoms. The minimum atomic E-state index is -0.338. The molecule has 0 aliphatic heterocycles. The number of benzene rings is 1. The van der Waals surface area contributed by atoms with Crippen LogP contribution in [0.25, 0.3) is 0 Å². The van der Waals surface area contributed by atoms with Crippen LogP contribution in [0.1, 0.15) is 5.56 Å². The maximum atomic E-state index is 12.8. The summed E-state index contributed by atoms with van der Waals surface area (Å²) in [5.74, 6) is -0.338. The maximum Gasteiger partial charge on any atom is 1.00 e. The van der Waals surface area contributed by atoms with Crippen LogP contribution in [0.5, 0.6) is 0 Å². The van der Waals surface area contributed by atoms with Crippen LogP contribution in [0.3, 0.4) is 0 Å². The third-order valence-corrected chi connectivity index (χ3v) is 1.87. The smallest absolute Gasteiger partial charge is 0.691 e. The van der Waals surface area contributed by atoms with Crippen molar-refractivity contribution in [2.75, 3.05) is 0 Å². The van der Waals surface area contributed by atoms with Gasteiger partial charge in [0.25, 0.3) is 0 Å². The van der Waals surface area contributed by atoms with E-state index in [0.717, 1.165) is 0 Å². The van der Waals surface area contributed by atoms with E-state index >= 15 is 0 Å². The van der Waals surface area contributed by atoms with Gasteiger partial charge in [-0.25, -0.2) is 4.39 Å². The van der Waals surface area contributed by atoms with Gasteiger partial charge in [-0.3, -0.25) is 5.04 Å². The molecule has 0 radical (unpaired) electrons. The van der Waals surface area contributed by atoms with Crippen LogP contribution >= 0.6 is 12.0 Å². The Bertz CT molecular complexity index is 272. The normalized spacial score (nSPS) is 9.46. The molecule has 0 saturated carbocycles. The van der Waals surface area contributed by atoms with Gasteiger partial charge in [0.05, 0.1) is 12.0 Å². The molecule has 3 nitrogen and oxygen atoms in total. The zero-order valence-corrected chi connectivity index (χ0v) is 10.1. The Morgan fingerprint density at radius 2 is 2.15 bits per heavy atom. The Morgan fingerprint density at radius 1 is 1.46 bits per heavy atom. The van der Waals surface area contributed by atoms with Crippen molar-refractivity contribution in [3.05, 3.63) is 29.6 Å². The molecule has 0 aliphatic carbocycles. The average Bonchev–Trinajstić information content (AvgIpc) is 2.07. The van der Waals surface area contributed by atoms with Gasteiger partial charge in [0.2, 0.25) is 0 Å². The Balaban J connectivity index is 0.00000144. The summed E-state index contributed by atoms with van der Waals surface area (Å²) in [5.41, 5.74) is 0.544. The molecule has 13 heavy (non-hydrogen) atoms.